The smallest absolute Gasteiger partial charge is 0.182 e. The summed E-state index contributed by atoms with van der Waals surface area (Å²) in [5.74, 6) is 0.596. The van der Waals surface area contributed by atoms with Crippen molar-refractivity contribution in [2.75, 3.05) is 18.4 Å². The number of hydrogen-bond acceptors (Lipinski definition) is 5. The maximum absolute atomic E-state index is 8.90. The maximum Gasteiger partial charge on any atom is 0.182 e. The fourth-order valence-electron chi connectivity index (χ4n) is 1.86. The van der Waals surface area contributed by atoms with E-state index in [2.05, 4.69) is 20.6 Å². The Hall–Kier alpha value is -1.67. The van der Waals surface area contributed by atoms with Crippen molar-refractivity contribution >= 4 is 5.82 Å². The Morgan fingerprint density at radius 2 is 2.25 bits per heavy atom. The number of nitriles is 1. The van der Waals surface area contributed by atoms with E-state index in [1.54, 1.807) is 6.20 Å². The third-order valence-electron chi connectivity index (χ3n) is 2.69. The van der Waals surface area contributed by atoms with Gasteiger partial charge in [0.15, 0.2) is 11.5 Å². The van der Waals surface area contributed by atoms with Gasteiger partial charge in [-0.05, 0) is 19.4 Å². The summed E-state index contributed by atoms with van der Waals surface area (Å²) < 4.78 is 0. The number of nitrogens with zero attached hydrogens (tertiary/aromatic N) is 3. The van der Waals surface area contributed by atoms with Crippen LogP contribution in [0.2, 0.25) is 0 Å². The molecule has 0 spiro atoms. The Labute approximate surface area is 94.9 Å². The molecule has 1 atom stereocenters. The molecule has 0 bridgehead atoms. The number of aromatic nitrogens is 2. The van der Waals surface area contributed by atoms with Gasteiger partial charge in [0.1, 0.15) is 6.07 Å². The minimum absolute atomic E-state index is 0.339. The fourth-order valence-corrected chi connectivity index (χ4v) is 1.86. The molecule has 84 valence electrons. The fraction of sp³-hybridized carbons (Fsp3) is 0.545. The molecule has 5 nitrogen and oxygen atoms in total. The van der Waals surface area contributed by atoms with Gasteiger partial charge in [0, 0.05) is 25.0 Å². The molecule has 0 aromatic carbocycles. The molecule has 0 aliphatic carbocycles. The van der Waals surface area contributed by atoms with Crippen LogP contribution in [0.15, 0.2) is 12.4 Å². The molecule has 2 rings (SSSR count). The molecule has 5 heteroatoms. The summed E-state index contributed by atoms with van der Waals surface area (Å²) in [6.45, 7) is 1.99. The largest absolute Gasteiger partial charge is 0.364 e. The lowest BCUT2D eigenvalue weighted by Gasteiger charge is -2.16. The van der Waals surface area contributed by atoms with E-state index in [1.807, 2.05) is 6.07 Å². The van der Waals surface area contributed by atoms with Crippen molar-refractivity contribution in [3.05, 3.63) is 18.1 Å². The van der Waals surface area contributed by atoms with Crippen LogP contribution in [0.25, 0.3) is 0 Å². The van der Waals surface area contributed by atoms with Gasteiger partial charge in [0.2, 0.25) is 0 Å². The van der Waals surface area contributed by atoms with Crippen molar-refractivity contribution in [2.45, 2.75) is 25.3 Å². The lowest BCUT2D eigenvalue weighted by atomic mass is 10.1. The third-order valence-corrected chi connectivity index (χ3v) is 2.69. The standard InChI is InChI=1S/C11H15N5/c12-7-10-11(15-6-5-14-10)16-9-3-1-2-4-13-8-9/h5-6,9,13H,1-4,8H2,(H,15,16). The van der Waals surface area contributed by atoms with Gasteiger partial charge >= 0.3 is 0 Å². The monoisotopic (exact) mass is 217 g/mol. The maximum atomic E-state index is 8.90. The predicted octanol–water partition coefficient (Wildman–Crippen LogP) is 0.902. The Bertz CT molecular complexity index is 376. The molecule has 1 fully saturated rings. The second kappa shape index (κ2) is 5.42. The van der Waals surface area contributed by atoms with E-state index in [4.69, 9.17) is 5.26 Å². The number of rotatable bonds is 2. The van der Waals surface area contributed by atoms with Crippen LogP contribution >= 0.6 is 0 Å². The zero-order valence-corrected chi connectivity index (χ0v) is 9.11. The van der Waals surface area contributed by atoms with E-state index >= 15 is 0 Å². The van der Waals surface area contributed by atoms with E-state index in [0.29, 0.717) is 17.6 Å². The second-order valence-electron chi connectivity index (χ2n) is 3.91. The first-order chi connectivity index (χ1) is 7.90. The van der Waals surface area contributed by atoms with Crippen molar-refractivity contribution in [3.8, 4) is 6.07 Å². The van der Waals surface area contributed by atoms with Crippen molar-refractivity contribution in [1.29, 1.82) is 5.26 Å². The molecule has 0 radical (unpaired) electrons. The molecule has 1 unspecified atom stereocenters. The topological polar surface area (TPSA) is 73.6 Å². The summed E-state index contributed by atoms with van der Waals surface area (Å²) in [7, 11) is 0. The predicted molar refractivity (Wildman–Crippen MR) is 60.9 cm³/mol. The lowest BCUT2D eigenvalue weighted by Crippen LogP contribution is -2.31. The summed E-state index contributed by atoms with van der Waals surface area (Å²) in [4.78, 5) is 8.13. The first-order valence-corrected chi connectivity index (χ1v) is 5.58. The van der Waals surface area contributed by atoms with Crippen LogP contribution in [0, 0.1) is 11.3 Å². The third kappa shape index (κ3) is 2.67. The Morgan fingerprint density at radius 1 is 1.38 bits per heavy atom. The Balaban J connectivity index is 2.05. The van der Waals surface area contributed by atoms with Crippen molar-refractivity contribution in [2.24, 2.45) is 0 Å². The lowest BCUT2D eigenvalue weighted by molar-refractivity contribution is 0.633. The van der Waals surface area contributed by atoms with Crippen LogP contribution in [0.5, 0.6) is 0 Å². The molecular weight excluding hydrogens is 202 g/mol. The SMILES string of the molecule is N#Cc1nccnc1NC1CCCCNC1. The van der Waals surface area contributed by atoms with Crippen LogP contribution in [-0.2, 0) is 0 Å². The van der Waals surface area contributed by atoms with E-state index in [1.165, 1.54) is 19.0 Å². The quantitative estimate of drug-likeness (QED) is 0.770. The molecule has 0 amide bonds. The van der Waals surface area contributed by atoms with E-state index in [-0.39, 0.29) is 0 Å². The zero-order valence-electron chi connectivity index (χ0n) is 9.11. The van der Waals surface area contributed by atoms with E-state index in [9.17, 15) is 0 Å². The molecular formula is C11H15N5. The van der Waals surface area contributed by atoms with Crippen LogP contribution in [0.1, 0.15) is 25.0 Å². The highest BCUT2D eigenvalue weighted by Gasteiger charge is 2.14. The highest BCUT2D eigenvalue weighted by atomic mass is 15.1. The molecule has 1 aliphatic heterocycles. The van der Waals surface area contributed by atoms with Gasteiger partial charge < -0.3 is 10.6 Å². The number of anilines is 1. The van der Waals surface area contributed by atoms with Gasteiger partial charge in [-0.2, -0.15) is 5.26 Å². The van der Waals surface area contributed by atoms with Crippen LogP contribution < -0.4 is 10.6 Å². The molecule has 1 aromatic heterocycles. The Morgan fingerprint density at radius 3 is 3.12 bits per heavy atom. The van der Waals surface area contributed by atoms with Crippen LogP contribution in [-0.4, -0.2) is 29.1 Å². The van der Waals surface area contributed by atoms with Gasteiger partial charge in [-0.1, -0.05) is 6.42 Å². The summed E-state index contributed by atoms with van der Waals surface area (Å²) in [6, 6.07) is 2.38. The zero-order chi connectivity index (χ0) is 11.2. The van der Waals surface area contributed by atoms with Gasteiger partial charge in [-0.3, -0.25) is 0 Å². The van der Waals surface area contributed by atoms with Gasteiger partial charge in [-0.15, -0.1) is 0 Å². The number of hydrogen-bond donors (Lipinski definition) is 2. The molecule has 1 aromatic rings. The molecule has 1 aliphatic rings. The van der Waals surface area contributed by atoms with Gasteiger partial charge in [-0.25, -0.2) is 9.97 Å². The average Bonchev–Trinajstić information content (AvgIpc) is 2.58. The van der Waals surface area contributed by atoms with Crippen molar-refractivity contribution in [3.63, 3.8) is 0 Å². The van der Waals surface area contributed by atoms with E-state index in [0.717, 1.165) is 19.5 Å². The normalized spacial score (nSPS) is 20.8. The molecule has 1 saturated heterocycles. The van der Waals surface area contributed by atoms with E-state index < -0.39 is 0 Å². The van der Waals surface area contributed by atoms with Gasteiger partial charge in [0.25, 0.3) is 0 Å². The summed E-state index contributed by atoms with van der Waals surface area (Å²) in [5.41, 5.74) is 0.367. The summed E-state index contributed by atoms with van der Waals surface area (Å²) in [5, 5.41) is 15.5. The average molecular weight is 217 g/mol. The second-order valence-corrected chi connectivity index (χ2v) is 3.91. The molecule has 2 heterocycles. The van der Waals surface area contributed by atoms with Crippen molar-refractivity contribution in [1.82, 2.24) is 15.3 Å². The minimum Gasteiger partial charge on any atom is -0.364 e. The first kappa shape index (κ1) is 10.8. The molecule has 2 N–H and O–H groups in total. The van der Waals surface area contributed by atoms with Crippen LogP contribution in [0.3, 0.4) is 0 Å². The Kier molecular flexibility index (Phi) is 3.67. The number of nitrogens with one attached hydrogen (secondary N) is 2. The van der Waals surface area contributed by atoms with Crippen LogP contribution in [0.4, 0.5) is 5.82 Å². The molecule has 0 saturated carbocycles. The molecule has 16 heavy (non-hydrogen) atoms. The highest BCUT2D eigenvalue weighted by molar-refractivity contribution is 5.47. The first-order valence-electron chi connectivity index (χ1n) is 5.58. The van der Waals surface area contributed by atoms with Gasteiger partial charge in [0.05, 0.1) is 0 Å². The van der Waals surface area contributed by atoms with Crippen molar-refractivity contribution < 1.29 is 0 Å². The summed E-state index contributed by atoms with van der Waals surface area (Å²) >= 11 is 0. The minimum atomic E-state index is 0.339. The summed E-state index contributed by atoms with van der Waals surface area (Å²) in [6.07, 6.45) is 6.66. The highest BCUT2D eigenvalue weighted by Crippen LogP contribution is 2.12.